The van der Waals surface area contributed by atoms with Crippen LogP contribution in [-0.2, 0) is 0 Å². The molecule has 2 aromatic carbocycles. The van der Waals surface area contributed by atoms with Crippen LogP contribution in [0.1, 0.15) is 17.9 Å². The first-order valence-electron chi connectivity index (χ1n) is 6.77. The Bertz CT molecular complexity index is 570. The van der Waals surface area contributed by atoms with E-state index in [9.17, 15) is 0 Å². The first-order valence-corrected chi connectivity index (χ1v) is 6.77. The molecular weight excluding hydrogens is 270 g/mol. The van der Waals surface area contributed by atoms with E-state index in [4.69, 9.17) is 10.5 Å². The number of halogens is 1. The maximum Gasteiger partial charge on any atom is 0.122 e. The molecule has 0 aromatic heterocycles. The Morgan fingerprint density at radius 1 is 1.10 bits per heavy atom. The maximum atomic E-state index is 5.76. The van der Waals surface area contributed by atoms with Gasteiger partial charge in [-0.1, -0.05) is 36.4 Å². The first-order chi connectivity index (χ1) is 9.33. The summed E-state index contributed by atoms with van der Waals surface area (Å²) < 4.78 is 5.49. The van der Waals surface area contributed by atoms with Gasteiger partial charge in [0.2, 0.25) is 0 Å². The quantitative estimate of drug-likeness (QED) is 0.928. The molecule has 1 fully saturated rings. The Morgan fingerprint density at radius 3 is 2.45 bits per heavy atom. The van der Waals surface area contributed by atoms with Gasteiger partial charge in [-0.15, -0.1) is 12.4 Å². The van der Waals surface area contributed by atoms with Crippen molar-refractivity contribution < 1.29 is 4.74 Å². The van der Waals surface area contributed by atoms with Crippen LogP contribution in [0.3, 0.4) is 0 Å². The van der Waals surface area contributed by atoms with Gasteiger partial charge in [-0.2, -0.15) is 0 Å². The molecule has 106 valence electrons. The summed E-state index contributed by atoms with van der Waals surface area (Å²) in [6.07, 6.45) is 1.19. The van der Waals surface area contributed by atoms with Gasteiger partial charge in [0.25, 0.3) is 0 Å². The highest BCUT2D eigenvalue weighted by Gasteiger charge is 2.38. The molecule has 1 saturated carbocycles. The molecule has 20 heavy (non-hydrogen) atoms. The van der Waals surface area contributed by atoms with Crippen molar-refractivity contribution in [2.24, 2.45) is 11.7 Å². The van der Waals surface area contributed by atoms with Crippen LogP contribution in [0.25, 0.3) is 11.1 Å². The summed E-state index contributed by atoms with van der Waals surface area (Å²) in [6.45, 7) is 0.767. The molecule has 0 heterocycles. The largest absolute Gasteiger partial charge is 0.496 e. The van der Waals surface area contributed by atoms with Crippen LogP contribution < -0.4 is 10.5 Å². The molecular formula is C17H20ClNO. The van der Waals surface area contributed by atoms with E-state index in [1.54, 1.807) is 7.11 Å². The molecule has 3 rings (SSSR count). The summed E-state index contributed by atoms with van der Waals surface area (Å²) in [4.78, 5) is 0. The maximum absolute atomic E-state index is 5.76. The lowest BCUT2D eigenvalue weighted by molar-refractivity contribution is 0.409. The Hall–Kier alpha value is -1.51. The van der Waals surface area contributed by atoms with Crippen LogP contribution in [0.2, 0.25) is 0 Å². The van der Waals surface area contributed by atoms with Crippen molar-refractivity contribution in [3.8, 4) is 16.9 Å². The van der Waals surface area contributed by atoms with Crippen molar-refractivity contribution in [2.75, 3.05) is 13.7 Å². The molecule has 1 aliphatic carbocycles. The molecule has 1 aliphatic rings. The average molecular weight is 290 g/mol. The number of hydrogen-bond donors (Lipinski definition) is 1. The Morgan fingerprint density at radius 2 is 1.85 bits per heavy atom. The first kappa shape index (κ1) is 14.9. The van der Waals surface area contributed by atoms with Gasteiger partial charge in [-0.3, -0.25) is 0 Å². The minimum atomic E-state index is 0. The second-order valence-electron chi connectivity index (χ2n) is 5.16. The molecule has 0 spiro atoms. The normalized spacial score (nSPS) is 20.1. The molecule has 2 aromatic rings. The summed E-state index contributed by atoms with van der Waals surface area (Å²) in [5.74, 6) is 2.18. The van der Waals surface area contributed by atoms with Crippen LogP contribution in [0, 0.1) is 5.92 Å². The number of ether oxygens (including phenoxy) is 1. The van der Waals surface area contributed by atoms with E-state index in [1.165, 1.54) is 23.1 Å². The van der Waals surface area contributed by atoms with E-state index in [0.29, 0.717) is 11.8 Å². The lowest BCUT2D eigenvalue weighted by Gasteiger charge is -2.11. The van der Waals surface area contributed by atoms with Crippen molar-refractivity contribution in [1.29, 1.82) is 0 Å². The van der Waals surface area contributed by atoms with Gasteiger partial charge in [0.1, 0.15) is 5.75 Å². The lowest BCUT2D eigenvalue weighted by Crippen LogP contribution is -2.02. The fourth-order valence-electron chi connectivity index (χ4n) is 2.72. The third-order valence-electron chi connectivity index (χ3n) is 3.96. The molecule has 2 N–H and O–H groups in total. The Labute approximate surface area is 126 Å². The van der Waals surface area contributed by atoms with Crippen molar-refractivity contribution in [3.63, 3.8) is 0 Å². The topological polar surface area (TPSA) is 35.2 Å². The molecule has 0 radical (unpaired) electrons. The monoisotopic (exact) mass is 289 g/mol. The highest BCUT2D eigenvalue weighted by molar-refractivity contribution is 5.85. The van der Waals surface area contributed by atoms with E-state index in [-0.39, 0.29) is 12.4 Å². The molecule has 3 heteroatoms. The standard InChI is InChI=1S/C17H19NO.ClH/c1-19-17-8-7-13(12-5-3-2-4-6-12)9-16(17)15-10-14(15)11-18;/h2-9,14-15H,10-11,18H2,1H3;1H/t14-,15+;/m1./s1. The van der Waals surface area contributed by atoms with E-state index >= 15 is 0 Å². The zero-order chi connectivity index (χ0) is 13.2. The molecule has 0 bridgehead atoms. The van der Waals surface area contributed by atoms with E-state index in [2.05, 4.69) is 42.5 Å². The van der Waals surface area contributed by atoms with Crippen molar-refractivity contribution in [3.05, 3.63) is 54.1 Å². The van der Waals surface area contributed by atoms with Gasteiger partial charge >= 0.3 is 0 Å². The number of nitrogens with two attached hydrogens (primary N) is 1. The summed E-state index contributed by atoms with van der Waals surface area (Å²) >= 11 is 0. The third-order valence-corrected chi connectivity index (χ3v) is 3.96. The molecule has 2 atom stereocenters. The summed E-state index contributed by atoms with van der Waals surface area (Å²) in [7, 11) is 1.74. The highest BCUT2D eigenvalue weighted by atomic mass is 35.5. The summed E-state index contributed by atoms with van der Waals surface area (Å²) in [6, 6.07) is 16.9. The lowest BCUT2D eigenvalue weighted by atomic mass is 9.99. The van der Waals surface area contributed by atoms with Crippen LogP contribution in [0.15, 0.2) is 48.5 Å². The number of hydrogen-bond acceptors (Lipinski definition) is 2. The van der Waals surface area contributed by atoms with Crippen LogP contribution in [0.5, 0.6) is 5.75 Å². The van der Waals surface area contributed by atoms with Crippen molar-refractivity contribution >= 4 is 12.4 Å². The summed E-state index contributed by atoms with van der Waals surface area (Å²) in [5.41, 5.74) is 9.56. The van der Waals surface area contributed by atoms with Gasteiger partial charge < -0.3 is 10.5 Å². The van der Waals surface area contributed by atoms with Gasteiger partial charge in [0, 0.05) is 0 Å². The number of benzene rings is 2. The Kier molecular flexibility index (Phi) is 4.69. The zero-order valence-corrected chi connectivity index (χ0v) is 12.4. The van der Waals surface area contributed by atoms with Crippen LogP contribution >= 0.6 is 12.4 Å². The SMILES string of the molecule is COc1ccc(-c2ccccc2)cc1[C@H]1C[C@@H]1CN.Cl. The number of rotatable bonds is 4. The minimum Gasteiger partial charge on any atom is -0.496 e. The predicted octanol–water partition coefficient (Wildman–Crippen LogP) is 3.85. The molecule has 0 unspecified atom stereocenters. The Balaban J connectivity index is 0.00000147. The van der Waals surface area contributed by atoms with E-state index in [0.717, 1.165) is 12.3 Å². The summed E-state index contributed by atoms with van der Waals surface area (Å²) in [5, 5.41) is 0. The van der Waals surface area contributed by atoms with Gasteiger partial charge in [0.05, 0.1) is 7.11 Å². The molecule has 0 saturated heterocycles. The van der Waals surface area contributed by atoms with Crippen molar-refractivity contribution in [1.82, 2.24) is 0 Å². The predicted molar refractivity (Wildman–Crippen MR) is 85.6 cm³/mol. The zero-order valence-electron chi connectivity index (χ0n) is 11.6. The molecule has 2 nitrogen and oxygen atoms in total. The highest BCUT2D eigenvalue weighted by Crippen LogP contribution is 2.50. The van der Waals surface area contributed by atoms with Gasteiger partial charge in [-0.25, -0.2) is 0 Å². The van der Waals surface area contributed by atoms with E-state index < -0.39 is 0 Å². The van der Waals surface area contributed by atoms with Gasteiger partial charge in [-0.05, 0) is 53.6 Å². The molecule has 0 aliphatic heterocycles. The second-order valence-corrected chi connectivity index (χ2v) is 5.16. The van der Waals surface area contributed by atoms with Crippen molar-refractivity contribution in [2.45, 2.75) is 12.3 Å². The second kappa shape index (κ2) is 6.29. The fraction of sp³-hybridized carbons (Fsp3) is 0.294. The van der Waals surface area contributed by atoms with Gasteiger partial charge in [0.15, 0.2) is 0 Å². The third kappa shape index (κ3) is 2.82. The smallest absolute Gasteiger partial charge is 0.122 e. The van der Waals surface area contributed by atoms with Crippen LogP contribution in [-0.4, -0.2) is 13.7 Å². The van der Waals surface area contributed by atoms with Crippen LogP contribution in [0.4, 0.5) is 0 Å². The minimum absolute atomic E-state index is 0. The average Bonchev–Trinajstić information content (AvgIpc) is 3.27. The fourth-order valence-corrected chi connectivity index (χ4v) is 2.72. The van der Waals surface area contributed by atoms with E-state index in [1.807, 2.05) is 6.07 Å². The molecule has 0 amide bonds. The number of methoxy groups -OCH3 is 1.